The second kappa shape index (κ2) is 5.63. The first-order valence-electron chi connectivity index (χ1n) is 5.61. The first-order chi connectivity index (χ1) is 7.38. The molecule has 0 spiro atoms. The van der Waals surface area contributed by atoms with Crippen molar-refractivity contribution in [3.05, 3.63) is 0 Å². The van der Waals surface area contributed by atoms with Gasteiger partial charge < -0.3 is 11.1 Å². The molecule has 16 heavy (non-hydrogen) atoms. The Bertz CT molecular complexity index is 340. The monoisotopic (exact) mass is 248 g/mol. The van der Waals surface area contributed by atoms with Crippen molar-refractivity contribution in [1.82, 2.24) is 5.32 Å². The fourth-order valence-corrected chi connectivity index (χ4v) is 2.56. The Kier molecular flexibility index (Phi) is 4.73. The molecule has 6 heteroatoms. The minimum Gasteiger partial charge on any atom is -0.351 e. The van der Waals surface area contributed by atoms with Crippen LogP contribution in [0.5, 0.6) is 0 Å². The molecule has 1 aliphatic carbocycles. The molecule has 0 radical (unpaired) electrons. The predicted octanol–water partition coefficient (Wildman–Crippen LogP) is -0.193. The van der Waals surface area contributed by atoms with Gasteiger partial charge in [0.1, 0.15) is 5.75 Å². The van der Waals surface area contributed by atoms with E-state index in [-0.39, 0.29) is 12.1 Å². The minimum atomic E-state index is -3.25. The number of nitrogens with one attached hydrogen (secondary N) is 1. The summed E-state index contributed by atoms with van der Waals surface area (Å²) in [7, 11) is -3.25. The molecule has 2 unspecified atom stereocenters. The lowest BCUT2D eigenvalue weighted by molar-refractivity contribution is -0.119. The summed E-state index contributed by atoms with van der Waals surface area (Å²) < 4.78 is 21.9. The molecular weight excluding hydrogens is 228 g/mol. The van der Waals surface area contributed by atoms with Crippen LogP contribution in [0.4, 0.5) is 0 Å². The van der Waals surface area contributed by atoms with Gasteiger partial charge in [-0.3, -0.25) is 4.79 Å². The van der Waals surface area contributed by atoms with Gasteiger partial charge in [-0.05, 0) is 12.8 Å². The Morgan fingerprint density at radius 2 is 1.94 bits per heavy atom. The van der Waals surface area contributed by atoms with Crippen molar-refractivity contribution in [3.8, 4) is 0 Å². The van der Waals surface area contributed by atoms with Crippen LogP contribution in [-0.2, 0) is 14.6 Å². The topological polar surface area (TPSA) is 89.3 Å². The van der Waals surface area contributed by atoms with Crippen LogP contribution in [-0.4, -0.2) is 38.4 Å². The van der Waals surface area contributed by atoms with Crippen LogP contribution in [0.1, 0.15) is 32.1 Å². The normalized spacial score (nSPS) is 27.1. The Labute approximate surface area is 96.7 Å². The van der Waals surface area contributed by atoms with Gasteiger partial charge in [-0.2, -0.15) is 0 Å². The first-order valence-corrected chi connectivity index (χ1v) is 7.67. The highest BCUT2D eigenvalue weighted by Gasteiger charge is 2.23. The third-order valence-electron chi connectivity index (χ3n) is 2.81. The van der Waals surface area contributed by atoms with Gasteiger partial charge in [-0.25, -0.2) is 8.42 Å². The fraction of sp³-hybridized carbons (Fsp3) is 0.900. The molecule has 0 heterocycles. The summed E-state index contributed by atoms with van der Waals surface area (Å²) in [5.74, 6) is -0.888. The number of sulfone groups is 1. The van der Waals surface area contributed by atoms with Crippen LogP contribution in [0.15, 0.2) is 0 Å². The van der Waals surface area contributed by atoms with E-state index in [0.717, 1.165) is 38.4 Å². The lowest BCUT2D eigenvalue weighted by Gasteiger charge is -2.22. The molecule has 2 atom stereocenters. The lowest BCUT2D eigenvalue weighted by Crippen LogP contribution is -2.48. The van der Waals surface area contributed by atoms with Crippen LogP contribution < -0.4 is 11.1 Å². The number of amides is 1. The van der Waals surface area contributed by atoms with Crippen LogP contribution in [0, 0.1) is 0 Å². The summed E-state index contributed by atoms with van der Waals surface area (Å²) in [4.78, 5) is 11.4. The van der Waals surface area contributed by atoms with Crippen LogP contribution in [0.3, 0.4) is 0 Å². The number of rotatable bonds is 3. The molecule has 94 valence electrons. The summed E-state index contributed by atoms with van der Waals surface area (Å²) in [5, 5.41) is 2.72. The van der Waals surface area contributed by atoms with Gasteiger partial charge >= 0.3 is 0 Å². The maximum absolute atomic E-state index is 11.4. The van der Waals surface area contributed by atoms with E-state index >= 15 is 0 Å². The average molecular weight is 248 g/mol. The van der Waals surface area contributed by atoms with Crippen molar-refractivity contribution in [2.45, 2.75) is 44.2 Å². The summed E-state index contributed by atoms with van der Waals surface area (Å²) in [5.41, 5.74) is 5.93. The van der Waals surface area contributed by atoms with Gasteiger partial charge in [-0.1, -0.05) is 19.3 Å². The Morgan fingerprint density at radius 1 is 1.31 bits per heavy atom. The Hall–Kier alpha value is -0.620. The fourth-order valence-electron chi connectivity index (χ4n) is 2.00. The Morgan fingerprint density at radius 3 is 2.56 bits per heavy atom. The molecule has 0 aromatic carbocycles. The van der Waals surface area contributed by atoms with Gasteiger partial charge in [-0.15, -0.1) is 0 Å². The number of nitrogens with two attached hydrogens (primary N) is 1. The van der Waals surface area contributed by atoms with Crippen LogP contribution in [0.25, 0.3) is 0 Å². The zero-order chi connectivity index (χ0) is 12.2. The molecule has 0 bridgehead atoms. The molecule has 3 N–H and O–H groups in total. The second-order valence-corrected chi connectivity index (χ2v) is 6.69. The van der Waals surface area contributed by atoms with Crippen molar-refractivity contribution in [1.29, 1.82) is 0 Å². The number of carbonyl (C=O) groups excluding carboxylic acids is 1. The molecule has 0 aromatic rings. The van der Waals surface area contributed by atoms with Crippen molar-refractivity contribution >= 4 is 15.7 Å². The highest BCUT2D eigenvalue weighted by Crippen LogP contribution is 2.16. The maximum atomic E-state index is 11.4. The lowest BCUT2D eigenvalue weighted by atomic mass is 10.0. The number of carbonyl (C=O) groups is 1. The third-order valence-corrected chi connectivity index (χ3v) is 3.60. The van der Waals surface area contributed by atoms with Crippen molar-refractivity contribution in [2.75, 3.05) is 12.0 Å². The quantitative estimate of drug-likeness (QED) is 0.677. The molecule has 5 nitrogen and oxygen atoms in total. The summed E-state index contributed by atoms with van der Waals surface area (Å²) in [6.07, 6.45) is 6.05. The Balaban J connectivity index is 2.48. The molecule has 1 fully saturated rings. The third kappa shape index (κ3) is 4.94. The number of hydrogen-bond donors (Lipinski definition) is 2. The van der Waals surface area contributed by atoms with Crippen molar-refractivity contribution in [2.24, 2.45) is 5.73 Å². The highest BCUT2D eigenvalue weighted by molar-refractivity contribution is 7.91. The predicted molar refractivity (Wildman–Crippen MR) is 62.7 cm³/mol. The van der Waals surface area contributed by atoms with Gasteiger partial charge in [0, 0.05) is 18.3 Å². The molecule has 0 saturated heterocycles. The van der Waals surface area contributed by atoms with Gasteiger partial charge in [0.15, 0.2) is 9.84 Å². The standard InChI is InChI=1S/C10H20N2O3S/c1-16(14,15)7-10(13)12-9-6-4-2-3-5-8(9)11/h8-9H,2-7,11H2,1H3,(H,12,13). The molecule has 1 amide bonds. The largest absolute Gasteiger partial charge is 0.351 e. The zero-order valence-corrected chi connectivity index (χ0v) is 10.4. The van der Waals surface area contributed by atoms with Gasteiger partial charge in [0.05, 0.1) is 0 Å². The number of hydrogen-bond acceptors (Lipinski definition) is 4. The zero-order valence-electron chi connectivity index (χ0n) is 9.61. The molecule has 0 aromatic heterocycles. The summed E-state index contributed by atoms with van der Waals surface area (Å²) >= 11 is 0. The van der Waals surface area contributed by atoms with Gasteiger partial charge in [0.2, 0.25) is 5.91 Å². The minimum absolute atomic E-state index is 0.0500. The maximum Gasteiger partial charge on any atom is 0.235 e. The molecule has 1 saturated carbocycles. The van der Waals surface area contributed by atoms with E-state index in [1.54, 1.807) is 0 Å². The van der Waals surface area contributed by atoms with E-state index in [1.807, 2.05) is 0 Å². The molecule has 0 aliphatic heterocycles. The summed E-state index contributed by atoms with van der Waals surface area (Å²) in [6.45, 7) is 0. The van der Waals surface area contributed by atoms with E-state index in [1.165, 1.54) is 0 Å². The van der Waals surface area contributed by atoms with Gasteiger partial charge in [0.25, 0.3) is 0 Å². The average Bonchev–Trinajstić information content (AvgIpc) is 2.29. The van der Waals surface area contributed by atoms with E-state index in [4.69, 9.17) is 5.73 Å². The van der Waals surface area contributed by atoms with E-state index < -0.39 is 21.5 Å². The molecule has 1 rings (SSSR count). The highest BCUT2D eigenvalue weighted by atomic mass is 32.2. The van der Waals surface area contributed by atoms with E-state index in [0.29, 0.717) is 0 Å². The smallest absolute Gasteiger partial charge is 0.235 e. The molecular formula is C10H20N2O3S. The van der Waals surface area contributed by atoms with Crippen molar-refractivity contribution < 1.29 is 13.2 Å². The summed E-state index contributed by atoms with van der Waals surface area (Å²) in [6, 6.07) is -0.122. The van der Waals surface area contributed by atoms with Crippen molar-refractivity contribution in [3.63, 3.8) is 0 Å². The van der Waals surface area contributed by atoms with Crippen LogP contribution >= 0.6 is 0 Å². The van der Waals surface area contributed by atoms with E-state index in [2.05, 4.69) is 5.32 Å². The second-order valence-electron chi connectivity index (χ2n) is 4.55. The first kappa shape index (κ1) is 13.4. The van der Waals surface area contributed by atoms with E-state index in [9.17, 15) is 13.2 Å². The van der Waals surface area contributed by atoms with Crippen LogP contribution in [0.2, 0.25) is 0 Å². The SMILES string of the molecule is CS(=O)(=O)CC(=O)NC1CCCCCC1N. The molecule has 1 aliphatic rings.